The number of benzene rings is 2. The standard InChI is InChI=1S/C17H13ClN6OS/c18-13-6-8-15(9-7-13)24-17(20-21-22-24)26-12-16(25)23(11-10-19)14-4-2-1-3-5-14/h1-9H,11-12H2. The molecular weight excluding hydrogens is 372 g/mol. The molecule has 3 rings (SSSR count). The summed E-state index contributed by atoms with van der Waals surface area (Å²) in [5.41, 5.74) is 1.42. The molecule has 0 fully saturated rings. The number of nitrogens with zero attached hydrogens (tertiary/aromatic N) is 6. The zero-order valence-corrected chi connectivity index (χ0v) is 15.1. The predicted octanol–water partition coefficient (Wildman–Crippen LogP) is 2.96. The lowest BCUT2D eigenvalue weighted by molar-refractivity contribution is -0.116. The van der Waals surface area contributed by atoms with Gasteiger partial charge < -0.3 is 0 Å². The molecule has 0 unspecified atom stereocenters. The fourth-order valence-electron chi connectivity index (χ4n) is 2.22. The van der Waals surface area contributed by atoms with Crippen LogP contribution in [0.2, 0.25) is 5.02 Å². The van der Waals surface area contributed by atoms with E-state index in [2.05, 4.69) is 15.5 Å². The van der Waals surface area contributed by atoms with Crippen molar-refractivity contribution >= 4 is 35.0 Å². The molecule has 2 aromatic carbocycles. The molecule has 0 aliphatic rings. The van der Waals surface area contributed by atoms with Crippen molar-refractivity contribution in [1.82, 2.24) is 20.2 Å². The van der Waals surface area contributed by atoms with Gasteiger partial charge in [0.15, 0.2) is 0 Å². The van der Waals surface area contributed by atoms with Gasteiger partial charge in [0.1, 0.15) is 6.54 Å². The Hall–Kier alpha value is -2.89. The lowest BCUT2D eigenvalue weighted by Gasteiger charge is -2.19. The third-order valence-electron chi connectivity index (χ3n) is 3.43. The predicted molar refractivity (Wildman–Crippen MR) is 99.3 cm³/mol. The molecule has 26 heavy (non-hydrogen) atoms. The molecule has 1 aromatic heterocycles. The first-order valence-corrected chi connectivity index (χ1v) is 8.95. The summed E-state index contributed by atoms with van der Waals surface area (Å²) >= 11 is 7.10. The lowest BCUT2D eigenvalue weighted by atomic mass is 10.3. The Morgan fingerprint density at radius 3 is 2.62 bits per heavy atom. The van der Waals surface area contributed by atoms with Crippen LogP contribution in [-0.2, 0) is 4.79 Å². The maximum absolute atomic E-state index is 12.6. The van der Waals surface area contributed by atoms with Crippen molar-refractivity contribution in [2.75, 3.05) is 17.2 Å². The highest BCUT2D eigenvalue weighted by Gasteiger charge is 2.18. The second kappa shape index (κ2) is 8.47. The molecule has 7 nitrogen and oxygen atoms in total. The van der Waals surface area contributed by atoms with Crippen LogP contribution < -0.4 is 4.90 Å². The average molecular weight is 385 g/mol. The molecule has 0 aliphatic heterocycles. The summed E-state index contributed by atoms with van der Waals surface area (Å²) in [6.45, 7) is -0.0223. The minimum atomic E-state index is -0.201. The largest absolute Gasteiger partial charge is 0.298 e. The van der Waals surface area contributed by atoms with E-state index in [0.29, 0.717) is 15.9 Å². The van der Waals surface area contributed by atoms with Gasteiger partial charge >= 0.3 is 0 Å². The van der Waals surface area contributed by atoms with E-state index in [-0.39, 0.29) is 18.2 Å². The first-order valence-electron chi connectivity index (χ1n) is 7.58. The van der Waals surface area contributed by atoms with Gasteiger partial charge in [-0.25, -0.2) is 0 Å². The third-order valence-corrected chi connectivity index (χ3v) is 4.59. The molecule has 0 atom stereocenters. The van der Waals surface area contributed by atoms with Crippen molar-refractivity contribution in [2.24, 2.45) is 0 Å². The molecule has 0 bridgehead atoms. The molecule has 1 amide bonds. The molecule has 0 spiro atoms. The van der Waals surface area contributed by atoms with Crippen molar-refractivity contribution in [3.8, 4) is 11.8 Å². The van der Waals surface area contributed by atoms with Gasteiger partial charge in [-0.05, 0) is 46.8 Å². The Labute approximate surface area is 159 Å². The number of carbonyl (C=O) groups excluding carboxylic acids is 1. The second-order valence-electron chi connectivity index (χ2n) is 5.11. The first-order chi connectivity index (χ1) is 12.7. The summed E-state index contributed by atoms with van der Waals surface area (Å²) < 4.78 is 1.53. The Kier molecular flexibility index (Phi) is 5.84. The minimum Gasteiger partial charge on any atom is -0.298 e. The van der Waals surface area contributed by atoms with Crippen LogP contribution in [0.3, 0.4) is 0 Å². The van der Waals surface area contributed by atoms with E-state index in [1.807, 2.05) is 24.3 Å². The van der Waals surface area contributed by atoms with Gasteiger partial charge in [-0.3, -0.25) is 9.69 Å². The van der Waals surface area contributed by atoms with E-state index < -0.39 is 0 Å². The quantitative estimate of drug-likeness (QED) is 0.479. The summed E-state index contributed by atoms with van der Waals surface area (Å²) in [5, 5.41) is 21.7. The van der Waals surface area contributed by atoms with Gasteiger partial charge in [0, 0.05) is 10.7 Å². The van der Waals surface area contributed by atoms with Crippen LogP contribution in [0, 0.1) is 11.3 Å². The number of para-hydroxylation sites is 1. The fourth-order valence-corrected chi connectivity index (χ4v) is 3.11. The van der Waals surface area contributed by atoms with E-state index in [1.165, 1.54) is 21.3 Å². The summed E-state index contributed by atoms with van der Waals surface area (Å²) in [7, 11) is 0. The molecule has 130 valence electrons. The van der Waals surface area contributed by atoms with Crippen LogP contribution >= 0.6 is 23.4 Å². The minimum absolute atomic E-state index is 0.0223. The number of rotatable bonds is 6. The summed E-state index contributed by atoms with van der Waals surface area (Å²) in [5.74, 6) is -0.0988. The van der Waals surface area contributed by atoms with E-state index in [1.54, 1.807) is 36.4 Å². The Balaban J connectivity index is 1.73. The second-order valence-corrected chi connectivity index (χ2v) is 6.49. The molecule has 0 saturated heterocycles. The van der Waals surface area contributed by atoms with E-state index in [0.717, 1.165) is 5.69 Å². The number of aromatic nitrogens is 4. The van der Waals surface area contributed by atoms with Gasteiger partial charge in [-0.1, -0.05) is 41.6 Å². The van der Waals surface area contributed by atoms with Crippen LogP contribution in [0.5, 0.6) is 0 Å². The van der Waals surface area contributed by atoms with Crippen LogP contribution in [-0.4, -0.2) is 38.4 Å². The number of halogens is 1. The molecule has 0 saturated carbocycles. The highest BCUT2D eigenvalue weighted by molar-refractivity contribution is 7.99. The normalized spacial score (nSPS) is 10.3. The number of carbonyl (C=O) groups is 1. The maximum atomic E-state index is 12.6. The fraction of sp³-hybridized carbons (Fsp3) is 0.118. The monoisotopic (exact) mass is 384 g/mol. The smallest absolute Gasteiger partial charge is 0.238 e. The highest BCUT2D eigenvalue weighted by atomic mass is 35.5. The molecule has 0 radical (unpaired) electrons. The van der Waals surface area contributed by atoms with Gasteiger partial charge in [0.2, 0.25) is 11.1 Å². The van der Waals surface area contributed by atoms with Crippen LogP contribution in [0.25, 0.3) is 5.69 Å². The maximum Gasteiger partial charge on any atom is 0.238 e. The van der Waals surface area contributed by atoms with Crippen molar-refractivity contribution in [3.63, 3.8) is 0 Å². The third kappa shape index (κ3) is 4.20. The lowest BCUT2D eigenvalue weighted by Crippen LogP contribution is -2.32. The Morgan fingerprint density at radius 1 is 1.19 bits per heavy atom. The van der Waals surface area contributed by atoms with Gasteiger partial charge in [-0.15, -0.1) is 5.10 Å². The number of hydrogen-bond donors (Lipinski definition) is 0. The summed E-state index contributed by atoms with van der Waals surface area (Å²) in [6.07, 6.45) is 0. The Morgan fingerprint density at radius 2 is 1.92 bits per heavy atom. The first kappa shape index (κ1) is 17.9. The summed E-state index contributed by atoms with van der Waals surface area (Å²) in [6, 6.07) is 18.1. The van der Waals surface area contributed by atoms with E-state index in [4.69, 9.17) is 16.9 Å². The van der Waals surface area contributed by atoms with Gasteiger partial charge in [-0.2, -0.15) is 9.94 Å². The summed E-state index contributed by atoms with van der Waals surface area (Å²) in [4.78, 5) is 14.0. The zero-order valence-electron chi connectivity index (χ0n) is 13.5. The molecule has 9 heteroatoms. The van der Waals surface area contributed by atoms with Crippen molar-refractivity contribution in [2.45, 2.75) is 5.16 Å². The number of hydrogen-bond acceptors (Lipinski definition) is 6. The topological polar surface area (TPSA) is 87.7 Å². The van der Waals surface area contributed by atoms with Gasteiger partial charge in [0.05, 0.1) is 17.5 Å². The molecule has 1 heterocycles. The molecule has 3 aromatic rings. The van der Waals surface area contributed by atoms with Crippen molar-refractivity contribution in [3.05, 3.63) is 59.6 Å². The van der Waals surface area contributed by atoms with Crippen LogP contribution in [0.15, 0.2) is 59.8 Å². The molecule has 0 N–H and O–H groups in total. The van der Waals surface area contributed by atoms with E-state index >= 15 is 0 Å². The SMILES string of the molecule is N#CCN(C(=O)CSc1nnnn1-c1ccc(Cl)cc1)c1ccccc1. The molecular formula is C17H13ClN6OS. The molecule has 0 aliphatic carbocycles. The number of tetrazole rings is 1. The van der Waals surface area contributed by atoms with Gasteiger partial charge in [0.25, 0.3) is 0 Å². The number of nitriles is 1. The van der Waals surface area contributed by atoms with E-state index in [9.17, 15) is 4.79 Å². The average Bonchev–Trinajstić information content (AvgIpc) is 3.14. The number of anilines is 1. The number of thioether (sulfide) groups is 1. The van der Waals surface area contributed by atoms with Crippen molar-refractivity contribution in [1.29, 1.82) is 5.26 Å². The number of amides is 1. The van der Waals surface area contributed by atoms with Crippen molar-refractivity contribution < 1.29 is 4.79 Å². The Bertz CT molecular complexity index is 922. The van der Waals surface area contributed by atoms with Crippen LogP contribution in [0.1, 0.15) is 0 Å². The highest BCUT2D eigenvalue weighted by Crippen LogP contribution is 2.21. The zero-order chi connectivity index (χ0) is 18.4. The van der Waals surface area contributed by atoms with Crippen LogP contribution in [0.4, 0.5) is 5.69 Å².